The van der Waals surface area contributed by atoms with Crippen molar-refractivity contribution < 1.29 is 32.9 Å². The van der Waals surface area contributed by atoms with E-state index in [1.807, 2.05) is 0 Å². The number of rotatable bonds is 12. The molecule has 6 nitrogen and oxygen atoms in total. The molecule has 3 aromatic rings. The zero-order valence-corrected chi connectivity index (χ0v) is 21.2. The zero-order chi connectivity index (χ0) is 26.6. The Balaban J connectivity index is 1.59. The van der Waals surface area contributed by atoms with Crippen LogP contribution in [0, 0.1) is 18.7 Å². The van der Waals surface area contributed by atoms with Crippen LogP contribution in [0.1, 0.15) is 47.3 Å². The van der Waals surface area contributed by atoms with E-state index in [0.29, 0.717) is 45.3 Å². The number of methoxy groups -OCH3 is 2. The first kappa shape index (κ1) is 26.5. The van der Waals surface area contributed by atoms with Gasteiger partial charge in [0.1, 0.15) is 36.1 Å². The minimum absolute atomic E-state index is 0.0185. The minimum Gasteiger partial charge on any atom is -0.494 e. The molecule has 1 N–H and O–H groups in total. The summed E-state index contributed by atoms with van der Waals surface area (Å²) in [4.78, 5) is 17.8. The van der Waals surface area contributed by atoms with Crippen LogP contribution in [-0.4, -0.2) is 43.4 Å². The summed E-state index contributed by atoms with van der Waals surface area (Å²) >= 11 is 0. The van der Waals surface area contributed by atoms with Gasteiger partial charge in [-0.25, -0.2) is 13.8 Å². The molecule has 8 heteroatoms. The maximum absolute atomic E-state index is 13.9. The summed E-state index contributed by atoms with van der Waals surface area (Å²) in [6.07, 6.45) is 1.93. The number of ketones is 1. The number of Topliss-reactive ketones (excluding diaryl/α,β-unsaturated/α-hetero) is 1. The van der Waals surface area contributed by atoms with Crippen molar-refractivity contribution in [3.05, 3.63) is 71.2 Å². The van der Waals surface area contributed by atoms with Crippen molar-refractivity contribution in [3.63, 3.8) is 0 Å². The number of carbonyl (C=O) groups is 1. The Kier molecular flexibility index (Phi) is 8.07. The molecule has 0 radical (unpaired) electrons. The fourth-order valence-corrected chi connectivity index (χ4v) is 4.51. The lowest BCUT2D eigenvalue weighted by molar-refractivity contribution is -0.00110. The second-order valence-electron chi connectivity index (χ2n) is 9.24. The Morgan fingerprint density at radius 3 is 2.43 bits per heavy atom. The van der Waals surface area contributed by atoms with Crippen LogP contribution < -0.4 is 14.2 Å². The Bertz CT molecular complexity index is 1280. The average Bonchev–Trinajstić information content (AvgIpc) is 3.77. The maximum atomic E-state index is 13.9. The number of carbonyl (C=O) groups excluding carboxylic acids is 1. The zero-order valence-electron chi connectivity index (χ0n) is 21.2. The third kappa shape index (κ3) is 5.74. The van der Waals surface area contributed by atoms with Crippen LogP contribution in [0.2, 0.25) is 0 Å². The number of alkyl halides is 1. The number of benzene rings is 2. The molecule has 2 aromatic carbocycles. The SMILES string of the molecule is COc1cc(C(=O)CCC(O)(c2ccc(OC)c(-c3ccc(F)c(C)c3)n2)C2CC2)ccc1OCCF. The first-order valence-corrected chi connectivity index (χ1v) is 12.2. The predicted molar refractivity (Wildman–Crippen MR) is 136 cm³/mol. The van der Waals surface area contributed by atoms with Crippen LogP contribution in [0.4, 0.5) is 8.78 Å². The Morgan fingerprint density at radius 2 is 1.78 bits per heavy atom. The summed E-state index contributed by atoms with van der Waals surface area (Å²) < 4.78 is 42.4. The third-order valence-electron chi connectivity index (χ3n) is 6.76. The van der Waals surface area contributed by atoms with E-state index in [1.165, 1.54) is 20.3 Å². The molecule has 1 aromatic heterocycles. The van der Waals surface area contributed by atoms with Crippen LogP contribution >= 0.6 is 0 Å². The maximum Gasteiger partial charge on any atom is 0.163 e. The summed E-state index contributed by atoms with van der Waals surface area (Å²) in [5, 5.41) is 11.8. The van der Waals surface area contributed by atoms with Crippen molar-refractivity contribution in [3.8, 4) is 28.5 Å². The summed E-state index contributed by atoms with van der Waals surface area (Å²) in [6, 6.07) is 12.9. The molecular weight excluding hydrogens is 480 g/mol. The fourth-order valence-electron chi connectivity index (χ4n) is 4.51. The van der Waals surface area contributed by atoms with Gasteiger partial charge in [-0.05, 0) is 86.2 Å². The molecule has 1 unspecified atom stereocenters. The summed E-state index contributed by atoms with van der Waals surface area (Å²) in [5.74, 6) is 0.703. The highest BCUT2D eigenvalue weighted by Gasteiger charge is 2.46. The fraction of sp³-hybridized carbons (Fsp3) is 0.379. The molecule has 1 aliphatic rings. The number of ether oxygens (including phenoxy) is 3. The minimum atomic E-state index is -1.31. The monoisotopic (exact) mass is 511 g/mol. The van der Waals surface area contributed by atoms with Crippen LogP contribution in [0.3, 0.4) is 0 Å². The van der Waals surface area contributed by atoms with Crippen molar-refractivity contribution in [2.45, 2.75) is 38.2 Å². The number of hydrogen-bond donors (Lipinski definition) is 1. The van der Waals surface area contributed by atoms with Gasteiger partial charge in [0.15, 0.2) is 17.3 Å². The van der Waals surface area contributed by atoms with Crippen LogP contribution in [-0.2, 0) is 5.60 Å². The second kappa shape index (κ2) is 11.3. The molecule has 1 heterocycles. The van der Waals surface area contributed by atoms with E-state index in [9.17, 15) is 18.7 Å². The molecule has 1 fully saturated rings. The van der Waals surface area contributed by atoms with Crippen molar-refractivity contribution in [1.82, 2.24) is 4.98 Å². The average molecular weight is 512 g/mol. The van der Waals surface area contributed by atoms with E-state index in [-0.39, 0.29) is 37.0 Å². The van der Waals surface area contributed by atoms with Gasteiger partial charge in [0.05, 0.1) is 19.9 Å². The Labute approximate surface area is 215 Å². The molecule has 0 spiro atoms. The molecule has 0 saturated heterocycles. The second-order valence-corrected chi connectivity index (χ2v) is 9.24. The summed E-state index contributed by atoms with van der Waals surface area (Å²) in [5.41, 5.74) is 1.21. The lowest BCUT2D eigenvalue weighted by atomic mass is 9.86. The molecule has 37 heavy (non-hydrogen) atoms. The Morgan fingerprint density at radius 1 is 1.05 bits per heavy atom. The van der Waals surface area contributed by atoms with E-state index in [2.05, 4.69) is 0 Å². The van der Waals surface area contributed by atoms with Gasteiger partial charge in [-0.3, -0.25) is 4.79 Å². The van der Waals surface area contributed by atoms with E-state index in [0.717, 1.165) is 12.8 Å². The standard InChI is InChI=1S/C29H31F2NO5/c1-18-16-20(4-8-22(18)31)28-25(35-2)10-11-27(32-28)29(34,21-6-7-21)13-12-23(33)19-5-9-24(37-15-14-30)26(17-19)36-3/h4-5,8-11,16-17,21,34H,6-7,12-15H2,1-3H3. The van der Waals surface area contributed by atoms with Crippen LogP contribution in [0.25, 0.3) is 11.3 Å². The Hall–Kier alpha value is -3.52. The van der Waals surface area contributed by atoms with Gasteiger partial charge in [0, 0.05) is 17.5 Å². The predicted octanol–water partition coefficient (Wildman–Crippen LogP) is 5.82. The lowest BCUT2D eigenvalue weighted by Gasteiger charge is -2.28. The number of aryl methyl sites for hydroxylation is 1. The molecule has 1 atom stereocenters. The highest BCUT2D eigenvalue weighted by molar-refractivity contribution is 5.96. The van der Waals surface area contributed by atoms with E-state index in [4.69, 9.17) is 19.2 Å². The van der Waals surface area contributed by atoms with Gasteiger partial charge < -0.3 is 19.3 Å². The largest absolute Gasteiger partial charge is 0.494 e. The molecule has 0 bridgehead atoms. The third-order valence-corrected chi connectivity index (χ3v) is 6.76. The van der Waals surface area contributed by atoms with Gasteiger partial charge in [-0.1, -0.05) is 0 Å². The quantitative estimate of drug-likeness (QED) is 0.309. The summed E-state index contributed by atoms with van der Waals surface area (Å²) in [6.45, 7) is 0.938. The number of halogens is 2. The molecule has 4 rings (SSSR count). The van der Waals surface area contributed by atoms with E-state index in [1.54, 1.807) is 49.4 Å². The van der Waals surface area contributed by atoms with Gasteiger partial charge in [0.2, 0.25) is 0 Å². The number of nitrogens with zero attached hydrogens (tertiary/aromatic N) is 1. The molecular formula is C29H31F2NO5. The van der Waals surface area contributed by atoms with Gasteiger partial charge >= 0.3 is 0 Å². The first-order valence-electron chi connectivity index (χ1n) is 12.2. The van der Waals surface area contributed by atoms with E-state index < -0.39 is 12.3 Å². The highest BCUT2D eigenvalue weighted by atomic mass is 19.1. The normalized spacial score (nSPS) is 14.6. The molecule has 1 saturated carbocycles. The molecule has 1 aliphatic carbocycles. The first-order chi connectivity index (χ1) is 17.8. The number of aromatic nitrogens is 1. The molecule has 196 valence electrons. The van der Waals surface area contributed by atoms with E-state index >= 15 is 0 Å². The molecule has 0 aliphatic heterocycles. The van der Waals surface area contributed by atoms with Crippen molar-refractivity contribution in [2.24, 2.45) is 5.92 Å². The molecule has 0 amide bonds. The smallest absolute Gasteiger partial charge is 0.163 e. The van der Waals surface area contributed by atoms with Gasteiger partial charge in [0.25, 0.3) is 0 Å². The topological polar surface area (TPSA) is 77.9 Å². The van der Waals surface area contributed by atoms with Gasteiger partial charge in [-0.15, -0.1) is 0 Å². The van der Waals surface area contributed by atoms with Gasteiger partial charge in [-0.2, -0.15) is 0 Å². The number of hydrogen-bond acceptors (Lipinski definition) is 6. The number of pyridine rings is 1. The van der Waals surface area contributed by atoms with Crippen LogP contribution in [0.15, 0.2) is 48.5 Å². The van der Waals surface area contributed by atoms with Crippen molar-refractivity contribution in [2.75, 3.05) is 27.5 Å². The highest BCUT2D eigenvalue weighted by Crippen LogP contribution is 2.49. The lowest BCUT2D eigenvalue weighted by Crippen LogP contribution is -2.30. The van der Waals surface area contributed by atoms with Crippen molar-refractivity contribution in [1.29, 1.82) is 0 Å². The number of aliphatic hydroxyl groups is 1. The summed E-state index contributed by atoms with van der Waals surface area (Å²) in [7, 11) is 2.98. The van der Waals surface area contributed by atoms with Crippen molar-refractivity contribution >= 4 is 5.78 Å². The van der Waals surface area contributed by atoms with Crippen LogP contribution in [0.5, 0.6) is 17.2 Å².